The molecule has 6 nitrogen and oxygen atoms in total. The van der Waals surface area contributed by atoms with Gasteiger partial charge in [0.05, 0.1) is 28.6 Å². The summed E-state index contributed by atoms with van der Waals surface area (Å²) in [6.45, 7) is 4.88. The number of aromatic nitrogens is 2. The minimum Gasteiger partial charge on any atom is -0.376 e. The highest BCUT2D eigenvalue weighted by Crippen LogP contribution is 2.31. The second kappa shape index (κ2) is 9.17. The molecule has 2 fully saturated rings. The van der Waals surface area contributed by atoms with Crippen molar-refractivity contribution in [3.05, 3.63) is 53.6 Å². The van der Waals surface area contributed by atoms with E-state index in [0.717, 1.165) is 60.8 Å². The van der Waals surface area contributed by atoms with Gasteiger partial charge in [0.1, 0.15) is 0 Å². The number of hydrogen-bond donors (Lipinski definition) is 0. The first kappa shape index (κ1) is 21.9. The van der Waals surface area contributed by atoms with E-state index in [1.807, 2.05) is 6.07 Å². The summed E-state index contributed by atoms with van der Waals surface area (Å²) in [6, 6.07) is 13.8. The molecule has 32 heavy (non-hydrogen) atoms. The van der Waals surface area contributed by atoms with Gasteiger partial charge in [-0.15, -0.1) is 0 Å². The predicted octanol–water partition coefficient (Wildman–Crippen LogP) is 4.60. The van der Waals surface area contributed by atoms with Crippen molar-refractivity contribution in [2.45, 2.75) is 61.1 Å². The van der Waals surface area contributed by atoms with Gasteiger partial charge in [-0.2, -0.15) is 4.31 Å². The fourth-order valence-corrected chi connectivity index (χ4v) is 7.16. The van der Waals surface area contributed by atoms with Crippen molar-refractivity contribution in [3.63, 3.8) is 0 Å². The smallest absolute Gasteiger partial charge is 0.243 e. The highest BCUT2D eigenvalue weighted by atomic mass is 32.2. The molecule has 2 saturated heterocycles. The lowest BCUT2D eigenvalue weighted by molar-refractivity contribution is 0.0960. The molecule has 0 N–H and O–H groups in total. The van der Waals surface area contributed by atoms with Crippen molar-refractivity contribution in [2.75, 3.05) is 19.7 Å². The second-order valence-electron chi connectivity index (χ2n) is 8.62. The quantitative estimate of drug-likeness (QED) is 0.471. The zero-order valence-corrected chi connectivity index (χ0v) is 20.0. The van der Waals surface area contributed by atoms with Crippen LogP contribution in [0.25, 0.3) is 11.0 Å². The predicted molar refractivity (Wildman–Crippen MR) is 127 cm³/mol. The number of benzene rings is 2. The molecule has 2 aliphatic rings. The highest BCUT2D eigenvalue weighted by molar-refractivity contribution is 7.98. The van der Waals surface area contributed by atoms with E-state index in [4.69, 9.17) is 9.72 Å². The Labute approximate surface area is 194 Å². The van der Waals surface area contributed by atoms with Crippen LogP contribution in [0.1, 0.15) is 36.8 Å². The van der Waals surface area contributed by atoms with E-state index >= 15 is 0 Å². The SMILES string of the molecule is Cc1ccccc1CSc1nc2cc(S(=O)(=O)N3CCCC3)ccc2n1C[C@@H]1CCCO1. The Morgan fingerprint density at radius 3 is 2.69 bits per heavy atom. The molecule has 170 valence electrons. The first-order valence-electron chi connectivity index (χ1n) is 11.3. The minimum atomic E-state index is -3.46. The third-order valence-electron chi connectivity index (χ3n) is 6.42. The van der Waals surface area contributed by atoms with Crippen LogP contribution < -0.4 is 0 Å². The van der Waals surface area contributed by atoms with Crippen molar-refractivity contribution in [3.8, 4) is 0 Å². The summed E-state index contributed by atoms with van der Waals surface area (Å²) in [5, 5.41) is 0.912. The summed E-state index contributed by atoms with van der Waals surface area (Å²) in [7, 11) is -3.46. The molecular formula is C24H29N3O3S2. The van der Waals surface area contributed by atoms with Gasteiger partial charge in [0, 0.05) is 25.4 Å². The van der Waals surface area contributed by atoms with Crippen LogP contribution in [0.5, 0.6) is 0 Å². The van der Waals surface area contributed by atoms with Crippen molar-refractivity contribution >= 4 is 32.8 Å². The third kappa shape index (κ3) is 4.33. The number of imidazole rings is 1. The van der Waals surface area contributed by atoms with Crippen molar-refractivity contribution in [1.29, 1.82) is 0 Å². The number of hydrogen-bond acceptors (Lipinski definition) is 5. The summed E-state index contributed by atoms with van der Waals surface area (Å²) in [5.41, 5.74) is 4.25. The standard InChI is InChI=1S/C24H29N3O3S2/c1-18-7-2-3-8-19(18)17-31-24-25-22-15-21(32(28,29)26-12-4-5-13-26)10-11-23(22)27(24)16-20-9-6-14-30-20/h2-3,7-8,10-11,15,20H,4-6,9,12-14,16-17H2,1H3/t20-/m0/s1. The molecule has 0 radical (unpaired) electrons. The zero-order valence-electron chi connectivity index (χ0n) is 18.4. The summed E-state index contributed by atoms with van der Waals surface area (Å²) in [4.78, 5) is 5.22. The van der Waals surface area contributed by atoms with Crippen molar-refractivity contribution < 1.29 is 13.2 Å². The Morgan fingerprint density at radius 2 is 1.94 bits per heavy atom. The molecule has 2 aliphatic heterocycles. The number of aryl methyl sites for hydroxylation is 1. The van der Waals surface area contributed by atoms with Gasteiger partial charge in [-0.05, 0) is 61.9 Å². The van der Waals surface area contributed by atoms with Gasteiger partial charge in [-0.1, -0.05) is 36.0 Å². The maximum Gasteiger partial charge on any atom is 0.243 e. The van der Waals surface area contributed by atoms with Gasteiger partial charge in [-0.3, -0.25) is 0 Å². The monoisotopic (exact) mass is 471 g/mol. The number of nitrogens with zero attached hydrogens (tertiary/aromatic N) is 3. The van der Waals surface area contributed by atoms with Crippen LogP contribution in [0.3, 0.4) is 0 Å². The van der Waals surface area contributed by atoms with Crippen LogP contribution in [0.4, 0.5) is 0 Å². The molecule has 2 aromatic carbocycles. The van der Waals surface area contributed by atoms with Crippen molar-refractivity contribution in [1.82, 2.24) is 13.9 Å². The van der Waals surface area contributed by atoms with E-state index in [-0.39, 0.29) is 6.10 Å². The van der Waals surface area contributed by atoms with Gasteiger partial charge in [0.25, 0.3) is 0 Å². The van der Waals surface area contributed by atoms with Crippen LogP contribution in [0.15, 0.2) is 52.5 Å². The topological polar surface area (TPSA) is 64.4 Å². The molecule has 5 rings (SSSR count). The maximum atomic E-state index is 13.1. The van der Waals surface area contributed by atoms with Gasteiger partial charge >= 0.3 is 0 Å². The van der Waals surface area contributed by atoms with Crippen LogP contribution in [0, 0.1) is 6.92 Å². The summed E-state index contributed by atoms with van der Waals surface area (Å²) >= 11 is 1.70. The largest absolute Gasteiger partial charge is 0.376 e. The number of ether oxygens (including phenoxy) is 1. The fourth-order valence-electron chi connectivity index (χ4n) is 4.52. The molecule has 0 amide bonds. The van der Waals surface area contributed by atoms with Crippen LogP contribution >= 0.6 is 11.8 Å². The number of thioether (sulfide) groups is 1. The Kier molecular flexibility index (Phi) is 6.29. The lowest BCUT2D eigenvalue weighted by Gasteiger charge is -2.16. The Bertz CT molecular complexity index is 1210. The fraction of sp³-hybridized carbons (Fsp3) is 0.458. The lowest BCUT2D eigenvalue weighted by atomic mass is 10.1. The molecule has 1 atom stereocenters. The summed E-state index contributed by atoms with van der Waals surface area (Å²) in [5.74, 6) is 0.820. The van der Waals surface area contributed by atoms with E-state index in [2.05, 4.69) is 35.8 Å². The van der Waals surface area contributed by atoms with Gasteiger partial charge in [0.15, 0.2) is 5.16 Å². The zero-order chi connectivity index (χ0) is 22.1. The molecule has 0 spiro atoms. The third-order valence-corrected chi connectivity index (χ3v) is 9.34. The molecule has 0 aliphatic carbocycles. The number of fused-ring (bicyclic) bond motifs is 1. The molecule has 3 aromatic rings. The van der Waals surface area contributed by atoms with E-state index in [1.54, 1.807) is 28.2 Å². The Morgan fingerprint density at radius 1 is 1.12 bits per heavy atom. The lowest BCUT2D eigenvalue weighted by Crippen LogP contribution is -2.27. The Hall–Kier alpha value is -1.87. The van der Waals surface area contributed by atoms with Gasteiger partial charge < -0.3 is 9.30 Å². The van der Waals surface area contributed by atoms with E-state index in [0.29, 0.717) is 18.0 Å². The van der Waals surface area contributed by atoms with Crippen LogP contribution in [-0.2, 0) is 27.1 Å². The van der Waals surface area contributed by atoms with E-state index in [9.17, 15) is 8.42 Å². The van der Waals surface area contributed by atoms with Crippen LogP contribution in [-0.4, -0.2) is 48.1 Å². The maximum absolute atomic E-state index is 13.1. The molecule has 8 heteroatoms. The van der Waals surface area contributed by atoms with Gasteiger partial charge in [0.2, 0.25) is 10.0 Å². The average Bonchev–Trinajstić information content (AvgIpc) is 3.55. The molecule has 0 saturated carbocycles. The van der Waals surface area contributed by atoms with E-state index < -0.39 is 10.0 Å². The number of rotatable bonds is 7. The number of sulfonamides is 1. The van der Waals surface area contributed by atoms with E-state index in [1.165, 1.54) is 11.1 Å². The summed E-state index contributed by atoms with van der Waals surface area (Å²) < 4.78 is 35.8. The molecular weight excluding hydrogens is 442 g/mol. The molecule has 1 aromatic heterocycles. The van der Waals surface area contributed by atoms with Gasteiger partial charge in [-0.25, -0.2) is 13.4 Å². The van der Waals surface area contributed by atoms with Crippen molar-refractivity contribution in [2.24, 2.45) is 0 Å². The second-order valence-corrected chi connectivity index (χ2v) is 11.5. The molecule has 3 heterocycles. The summed E-state index contributed by atoms with van der Waals surface area (Å²) in [6.07, 6.45) is 4.16. The molecule has 0 bridgehead atoms. The Balaban J connectivity index is 1.49. The highest BCUT2D eigenvalue weighted by Gasteiger charge is 2.28. The molecule has 0 unspecified atom stereocenters. The first-order valence-corrected chi connectivity index (χ1v) is 13.7. The first-order chi connectivity index (χ1) is 15.5. The average molecular weight is 472 g/mol. The minimum absolute atomic E-state index is 0.179. The normalized spacial score (nSPS) is 19.8. The van der Waals surface area contributed by atoms with Crippen LogP contribution in [0.2, 0.25) is 0 Å².